The summed E-state index contributed by atoms with van der Waals surface area (Å²) in [5.74, 6) is 0. The summed E-state index contributed by atoms with van der Waals surface area (Å²) in [4.78, 5) is 12.2. The van der Waals surface area contributed by atoms with Crippen molar-refractivity contribution < 1.29 is 4.79 Å². The zero-order chi connectivity index (χ0) is 22.7. The van der Waals surface area contributed by atoms with Gasteiger partial charge in [-0.1, -0.05) is 84.9 Å². The van der Waals surface area contributed by atoms with E-state index in [9.17, 15) is 4.79 Å². The topological polar surface area (TPSA) is 17.1 Å². The molecule has 5 aromatic rings. The van der Waals surface area contributed by atoms with E-state index >= 15 is 0 Å². The molecule has 5 aromatic carbocycles. The first-order valence-electron chi connectivity index (χ1n) is 11.2. The molecule has 33 heavy (non-hydrogen) atoms. The standard InChI is InChI=1S/C30H26OPS/c1-23(31)33-22-32(26-14-4-2-5-15-26,27-16-6-3-7-17-27)21-30-28-18-10-8-12-24(28)20-25-13-9-11-19-29(25)30/h2-20H,21-22H2,1H3/q+1. The van der Waals surface area contributed by atoms with Crippen molar-refractivity contribution in [1.29, 1.82) is 0 Å². The third-order valence-electron chi connectivity index (χ3n) is 6.30. The van der Waals surface area contributed by atoms with Gasteiger partial charge in [-0.2, -0.15) is 0 Å². The zero-order valence-corrected chi connectivity index (χ0v) is 20.4. The Kier molecular flexibility index (Phi) is 6.31. The van der Waals surface area contributed by atoms with Gasteiger partial charge in [0, 0.05) is 12.5 Å². The average molecular weight is 466 g/mol. The van der Waals surface area contributed by atoms with Crippen LogP contribution in [0.25, 0.3) is 21.5 Å². The highest BCUT2D eigenvalue weighted by Gasteiger charge is 2.44. The van der Waals surface area contributed by atoms with Crippen LogP contribution in [0, 0.1) is 0 Å². The van der Waals surface area contributed by atoms with Crippen LogP contribution in [0.4, 0.5) is 0 Å². The van der Waals surface area contributed by atoms with Crippen molar-refractivity contribution in [3.05, 3.63) is 121 Å². The Labute approximate surface area is 200 Å². The Morgan fingerprint density at radius 3 is 1.61 bits per heavy atom. The number of carbonyl (C=O) groups excluding carboxylic acids is 1. The van der Waals surface area contributed by atoms with Crippen LogP contribution in [0.5, 0.6) is 0 Å². The van der Waals surface area contributed by atoms with E-state index in [-0.39, 0.29) is 5.12 Å². The minimum atomic E-state index is -1.94. The predicted octanol–water partition coefficient (Wildman–Crippen LogP) is 7.40. The van der Waals surface area contributed by atoms with E-state index < -0.39 is 7.26 Å². The Morgan fingerprint density at radius 1 is 0.667 bits per heavy atom. The highest BCUT2D eigenvalue weighted by atomic mass is 32.2. The molecular formula is C30H26OPS+. The fourth-order valence-electron chi connectivity index (χ4n) is 4.70. The molecule has 0 unspecified atom stereocenters. The summed E-state index contributed by atoms with van der Waals surface area (Å²) in [6, 6.07) is 41.4. The number of hydrogen-bond donors (Lipinski definition) is 0. The smallest absolute Gasteiger partial charge is 0.189 e. The molecule has 0 saturated carbocycles. The second-order valence-electron chi connectivity index (χ2n) is 8.36. The van der Waals surface area contributed by atoms with Crippen molar-refractivity contribution in [3.63, 3.8) is 0 Å². The van der Waals surface area contributed by atoms with Gasteiger partial charge in [-0.3, -0.25) is 4.79 Å². The molecule has 162 valence electrons. The van der Waals surface area contributed by atoms with Gasteiger partial charge in [-0.15, -0.1) is 0 Å². The highest BCUT2D eigenvalue weighted by Crippen LogP contribution is 2.62. The first-order chi connectivity index (χ1) is 16.2. The van der Waals surface area contributed by atoms with E-state index in [4.69, 9.17) is 0 Å². The molecule has 0 aliphatic rings. The minimum Gasteiger partial charge on any atom is -0.287 e. The van der Waals surface area contributed by atoms with Crippen molar-refractivity contribution in [2.75, 3.05) is 5.49 Å². The van der Waals surface area contributed by atoms with Crippen LogP contribution in [0.3, 0.4) is 0 Å². The molecule has 0 bridgehead atoms. The summed E-state index contributed by atoms with van der Waals surface area (Å²) in [5, 5.41) is 8.02. The molecule has 0 radical (unpaired) electrons. The van der Waals surface area contributed by atoms with Gasteiger partial charge in [0.25, 0.3) is 0 Å². The van der Waals surface area contributed by atoms with Gasteiger partial charge in [-0.05, 0) is 63.6 Å². The lowest BCUT2D eigenvalue weighted by Crippen LogP contribution is -2.26. The lowest BCUT2D eigenvalue weighted by Gasteiger charge is -2.28. The number of carbonyl (C=O) groups is 1. The SMILES string of the molecule is CC(=O)SC[P+](Cc1c2ccccc2cc2ccccc12)(c1ccccc1)c1ccccc1. The van der Waals surface area contributed by atoms with E-state index in [0.717, 1.165) is 11.7 Å². The summed E-state index contributed by atoms with van der Waals surface area (Å²) in [5.41, 5.74) is 2.18. The number of benzene rings is 5. The summed E-state index contributed by atoms with van der Waals surface area (Å²) < 4.78 is 0. The molecule has 0 N–H and O–H groups in total. The maximum absolute atomic E-state index is 12.2. The summed E-state index contributed by atoms with van der Waals surface area (Å²) >= 11 is 1.47. The molecule has 5 rings (SSSR count). The van der Waals surface area contributed by atoms with E-state index in [1.165, 1.54) is 49.5 Å². The first kappa shape index (κ1) is 21.9. The van der Waals surface area contributed by atoms with Crippen LogP contribution in [0.2, 0.25) is 0 Å². The monoisotopic (exact) mass is 465 g/mol. The van der Waals surface area contributed by atoms with Crippen molar-refractivity contribution >= 4 is 56.3 Å². The van der Waals surface area contributed by atoms with Crippen LogP contribution in [0.1, 0.15) is 12.5 Å². The average Bonchev–Trinajstić information content (AvgIpc) is 2.87. The second-order valence-corrected chi connectivity index (χ2v) is 13.5. The van der Waals surface area contributed by atoms with Gasteiger partial charge in [0.1, 0.15) is 16.1 Å². The fourth-order valence-corrected chi connectivity index (χ4v) is 10.9. The maximum Gasteiger partial charge on any atom is 0.189 e. The minimum absolute atomic E-state index is 0.175. The molecule has 0 aliphatic carbocycles. The van der Waals surface area contributed by atoms with E-state index in [1.807, 2.05) is 0 Å². The molecule has 0 saturated heterocycles. The van der Waals surface area contributed by atoms with Crippen LogP contribution >= 0.6 is 19.0 Å². The molecule has 1 nitrogen and oxygen atoms in total. The van der Waals surface area contributed by atoms with Gasteiger partial charge in [0.15, 0.2) is 5.12 Å². The van der Waals surface area contributed by atoms with Crippen LogP contribution in [-0.4, -0.2) is 10.6 Å². The van der Waals surface area contributed by atoms with Crippen LogP contribution in [-0.2, 0) is 11.0 Å². The van der Waals surface area contributed by atoms with Crippen molar-refractivity contribution in [1.82, 2.24) is 0 Å². The quantitative estimate of drug-likeness (QED) is 0.192. The molecule has 0 amide bonds. The summed E-state index contributed by atoms with van der Waals surface area (Å²) in [6.07, 6.45) is 0.920. The lowest BCUT2D eigenvalue weighted by molar-refractivity contribution is -0.109. The summed E-state index contributed by atoms with van der Waals surface area (Å²) in [7, 11) is -1.94. The Hall–Kier alpha value is -2.93. The van der Waals surface area contributed by atoms with Gasteiger partial charge in [0.05, 0.1) is 13.4 Å². The Morgan fingerprint density at radius 2 is 1.12 bits per heavy atom. The number of hydrogen-bond acceptors (Lipinski definition) is 2. The molecule has 0 heterocycles. The van der Waals surface area contributed by atoms with Gasteiger partial charge >= 0.3 is 0 Å². The number of rotatable bonds is 6. The van der Waals surface area contributed by atoms with Crippen molar-refractivity contribution in [2.24, 2.45) is 0 Å². The molecular weight excluding hydrogens is 439 g/mol. The molecule has 0 atom stereocenters. The second kappa shape index (κ2) is 9.51. The molecule has 3 heteroatoms. The maximum atomic E-state index is 12.2. The van der Waals surface area contributed by atoms with E-state index in [2.05, 4.69) is 115 Å². The van der Waals surface area contributed by atoms with Crippen LogP contribution < -0.4 is 10.6 Å². The third kappa shape index (κ3) is 4.34. The largest absolute Gasteiger partial charge is 0.287 e. The Balaban J connectivity index is 1.81. The van der Waals surface area contributed by atoms with Crippen molar-refractivity contribution in [2.45, 2.75) is 13.1 Å². The molecule has 0 aromatic heterocycles. The van der Waals surface area contributed by atoms with Gasteiger partial charge in [-0.25, -0.2) is 0 Å². The van der Waals surface area contributed by atoms with E-state index in [0.29, 0.717) is 0 Å². The summed E-state index contributed by atoms with van der Waals surface area (Å²) in [6.45, 7) is 1.68. The number of thioether (sulfide) groups is 1. The zero-order valence-electron chi connectivity index (χ0n) is 18.6. The molecule has 0 fully saturated rings. The van der Waals surface area contributed by atoms with E-state index in [1.54, 1.807) is 6.92 Å². The number of fused-ring (bicyclic) bond motifs is 2. The van der Waals surface area contributed by atoms with Gasteiger partial charge in [0.2, 0.25) is 0 Å². The molecule has 0 spiro atoms. The fraction of sp³-hybridized carbons (Fsp3) is 0.100. The van der Waals surface area contributed by atoms with Crippen molar-refractivity contribution in [3.8, 4) is 0 Å². The molecule has 0 aliphatic heterocycles. The van der Waals surface area contributed by atoms with Crippen LogP contribution in [0.15, 0.2) is 115 Å². The predicted molar refractivity (Wildman–Crippen MR) is 147 cm³/mol. The third-order valence-corrected chi connectivity index (χ3v) is 12.4. The van der Waals surface area contributed by atoms with Gasteiger partial charge < -0.3 is 0 Å². The highest BCUT2D eigenvalue weighted by molar-refractivity contribution is 8.20. The Bertz CT molecular complexity index is 1320. The first-order valence-corrected chi connectivity index (χ1v) is 14.3. The normalized spacial score (nSPS) is 11.7. The lowest BCUT2D eigenvalue weighted by atomic mass is 9.98.